The number of hydrogen-bond acceptors (Lipinski definition) is 4. The van der Waals surface area contributed by atoms with Crippen molar-refractivity contribution in [2.24, 2.45) is 5.14 Å². The van der Waals surface area contributed by atoms with Gasteiger partial charge < -0.3 is 0 Å². The largest absolute Gasteiger partial charge is 0.282 e. The number of anilines is 1. The van der Waals surface area contributed by atoms with Crippen molar-refractivity contribution in [1.82, 2.24) is 0 Å². The van der Waals surface area contributed by atoms with Crippen LogP contribution in [0.3, 0.4) is 0 Å². The van der Waals surface area contributed by atoms with E-state index in [0.29, 0.717) is 0 Å². The molecule has 0 atom stereocenters. The Labute approximate surface area is 98.5 Å². The molecule has 0 aliphatic heterocycles. The van der Waals surface area contributed by atoms with Gasteiger partial charge in [0.1, 0.15) is 0 Å². The van der Waals surface area contributed by atoms with Crippen molar-refractivity contribution in [3.8, 4) is 0 Å². The molecule has 90 valence electrons. The van der Waals surface area contributed by atoms with Crippen LogP contribution in [0.25, 0.3) is 0 Å². The molecule has 3 N–H and O–H groups in total. The van der Waals surface area contributed by atoms with Crippen molar-refractivity contribution >= 4 is 37.3 Å². The molecular formula is C7H9ClN2O4S2. The van der Waals surface area contributed by atoms with Crippen molar-refractivity contribution < 1.29 is 16.8 Å². The van der Waals surface area contributed by atoms with Gasteiger partial charge in [0.2, 0.25) is 20.0 Å². The standard InChI is InChI=1S/C7H9ClN2O4S2/c1-15(11,12)10-7-4-5(16(9,13)14)2-3-6(7)8/h2-4,10H,1H3,(H2,9,13,14). The van der Waals surface area contributed by atoms with E-state index in [0.717, 1.165) is 12.3 Å². The maximum absolute atomic E-state index is 11.0. The maximum atomic E-state index is 11.0. The van der Waals surface area contributed by atoms with Gasteiger partial charge in [-0.15, -0.1) is 0 Å². The van der Waals surface area contributed by atoms with Crippen LogP contribution in [0.4, 0.5) is 5.69 Å². The van der Waals surface area contributed by atoms with Crippen LogP contribution >= 0.6 is 11.6 Å². The lowest BCUT2D eigenvalue weighted by Gasteiger charge is -2.07. The highest BCUT2D eigenvalue weighted by Crippen LogP contribution is 2.25. The van der Waals surface area contributed by atoms with E-state index in [-0.39, 0.29) is 15.6 Å². The van der Waals surface area contributed by atoms with Gasteiger partial charge in [-0.1, -0.05) is 11.6 Å². The summed E-state index contributed by atoms with van der Waals surface area (Å²) in [5.74, 6) is 0. The van der Waals surface area contributed by atoms with E-state index in [1.807, 2.05) is 0 Å². The van der Waals surface area contributed by atoms with Crippen LogP contribution in [0.1, 0.15) is 0 Å². The first-order valence-corrected chi connectivity index (χ1v) is 7.71. The van der Waals surface area contributed by atoms with Crippen LogP contribution in [0.5, 0.6) is 0 Å². The van der Waals surface area contributed by atoms with E-state index in [1.165, 1.54) is 12.1 Å². The summed E-state index contributed by atoms with van der Waals surface area (Å²) in [6.07, 6.45) is 0.924. The first-order chi connectivity index (χ1) is 7.09. The van der Waals surface area contributed by atoms with Gasteiger partial charge in [0.25, 0.3) is 0 Å². The highest BCUT2D eigenvalue weighted by atomic mass is 35.5. The molecule has 0 aliphatic carbocycles. The van der Waals surface area contributed by atoms with Gasteiger partial charge in [-0.25, -0.2) is 22.0 Å². The molecule has 0 fully saturated rings. The molecule has 9 heteroatoms. The molecular weight excluding hydrogens is 276 g/mol. The lowest BCUT2D eigenvalue weighted by atomic mass is 10.3. The van der Waals surface area contributed by atoms with Crippen molar-refractivity contribution in [3.63, 3.8) is 0 Å². The molecule has 1 rings (SSSR count). The summed E-state index contributed by atoms with van der Waals surface area (Å²) in [5.41, 5.74) is -0.0318. The van der Waals surface area contributed by atoms with E-state index in [9.17, 15) is 16.8 Å². The minimum Gasteiger partial charge on any atom is -0.282 e. The third-order valence-electron chi connectivity index (χ3n) is 1.56. The van der Waals surface area contributed by atoms with E-state index < -0.39 is 20.0 Å². The molecule has 0 bridgehead atoms. The zero-order valence-corrected chi connectivity index (χ0v) is 10.5. The number of nitrogens with two attached hydrogens (primary N) is 1. The maximum Gasteiger partial charge on any atom is 0.238 e. The van der Waals surface area contributed by atoms with Crippen LogP contribution < -0.4 is 9.86 Å². The van der Waals surface area contributed by atoms with Gasteiger partial charge in [0, 0.05) is 0 Å². The predicted octanol–water partition coefficient (Wildman–Crippen LogP) is 0.359. The van der Waals surface area contributed by atoms with E-state index >= 15 is 0 Å². The van der Waals surface area contributed by atoms with Crippen LogP contribution in [0.15, 0.2) is 23.1 Å². The Bertz CT molecular complexity index is 609. The van der Waals surface area contributed by atoms with Crippen LogP contribution in [-0.4, -0.2) is 23.1 Å². The lowest BCUT2D eigenvalue weighted by Crippen LogP contribution is -2.14. The third kappa shape index (κ3) is 3.63. The fourth-order valence-electron chi connectivity index (χ4n) is 0.959. The second kappa shape index (κ2) is 4.21. The third-order valence-corrected chi connectivity index (χ3v) is 3.39. The second-order valence-electron chi connectivity index (χ2n) is 3.06. The molecule has 0 spiro atoms. The first kappa shape index (κ1) is 13.2. The predicted molar refractivity (Wildman–Crippen MR) is 61.3 cm³/mol. The first-order valence-electron chi connectivity index (χ1n) is 3.90. The lowest BCUT2D eigenvalue weighted by molar-refractivity contribution is 0.597. The number of benzene rings is 1. The Kier molecular flexibility index (Phi) is 3.48. The molecule has 0 unspecified atom stereocenters. The Morgan fingerprint density at radius 2 is 1.81 bits per heavy atom. The van der Waals surface area contributed by atoms with Crippen LogP contribution in [0.2, 0.25) is 5.02 Å². The summed E-state index contributed by atoms with van der Waals surface area (Å²) >= 11 is 5.69. The summed E-state index contributed by atoms with van der Waals surface area (Å²) < 4.78 is 46.0. The molecule has 0 aromatic heterocycles. The van der Waals surface area contributed by atoms with Gasteiger partial charge in [-0.2, -0.15) is 0 Å². The van der Waals surface area contributed by atoms with Gasteiger partial charge in [0.05, 0.1) is 21.9 Å². The Morgan fingerprint density at radius 3 is 2.25 bits per heavy atom. The number of sulfonamides is 2. The van der Waals surface area contributed by atoms with Gasteiger partial charge >= 0.3 is 0 Å². The van der Waals surface area contributed by atoms with E-state index in [4.69, 9.17) is 16.7 Å². The number of nitrogens with one attached hydrogen (secondary N) is 1. The molecule has 0 aliphatic rings. The monoisotopic (exact) mass is 284 g/mol. The molecule has 0 heterocycles. The van der Waals surface area contributed by atoms with Gasteiger partial charge in [-0.3, -0.25) is 4.72 Å². The summed E-state index contributed by atoms with van der Waals surface area (Å²) in [7, 11) is -7.42. The molecule has 0 radical (unpaired) electrons. The fraction of sp³-hybridized carbons (Fsp3) is 0.143. The zero-order valence-electron chi connectivity index (χ0n) is 8.14. The summed E-state index contributed by atoms with van der Waals surface area (Å²) in [6, 6.07) is 3.48. The van der Waals surface area contributed by atoms with Crippen molar-refractivity contribution in [2.75, 3.05) is 11.0 Å². The zero-order chi connectivity index (χ0) is 12.6. The number of hydrogen-bond donors (Lipinski definition) is 2. The SMILES string of the molecule is CS(=O)(=O)Nc1cc(S(N)(=O)=O)ccc1Cl. The highest BCUT2D eigenvalue weighted by molar-refractivity contribution is 7.92. The molecule has 16 heavy (non-hydrogen) atoms. The Balaban J connectivity index is 3.31. The van der Waals surface area contributed by atoms with Crippen LogP contribution in [0, 0.1) is 0 Å². The minimum atomic E-state index is -3.89. The molecule has 0 amide bonds. The average Bonchev–Trinajstić information content (AvgIpc) is 2.04. The van der Waals surface area contributed by atoms with Crippen LogP contribution in [-0.2, 0) is 20.0 Å². The second-order valence-corrected chi connectivity index (χ2v) is 6.78. The fourth-order valence-corrected chi connectivity index (χ4v) is 2.29. The van der Waals surface area contributed by atoms with E-state index in [1.54, 1.807) is 0 Å². The van der Waals surface area contributed by atoms with Crippen molar-refractivity contribution in [1.29, 1.82) is 0 Å². The summed E-state index contributed by atoms with van der Waals surface area (Å²) in [5, 5.41) is 4.97. The average molecular weight is 285 g/mol. The number of primary sulfonamides is 1. The highest BCUT2D eigenvalue weighted by Gasteiger charge is 2.12. The topological polar surface area (TPSA) is 106 Å². The van der Waals surface area contributed by atoms with Crippen molar-refractivity contribution in [3.05, 3.63) is 23.2 Å². The number of halogens is 1. The van der Waals surface area contributed by atoms with E-state index in [2.05, 4.69) is 4.72 Å². The summed E-state index contributed by atoms with van der Waals surface area (Å²) in [6.45, 7) is 0. The number of rotatable bonds is 3. The van der Waals surface area contributed by atoms with Gasteiger partial charge in [0.15, 0.2) is 0 Å². The molecule has 0 saturated carbocycles. The Morgan fingerprint density at radius 1 is 1.25 bits per heavy atom. The molecule has 6 nitrogen and oxygen atoms in total. The van der Waals surface area contributed by atoms with Crippen molar-refractivity contribution in [2.45, 2.75) is 4.90 Å². The quantitative estimate of drug-likeness (QED) is 0.835. The molecule has 0 saturated heterocycles. The molecule has 1 aromatic rings. The molecule has 1 aromatic carbocycles. The Hall–Kier alpha value is -0.830. The normalized spacial score (nSPS) is 12.4. The summed E-state index contributed by atoms with van der Waals surface area (Å²) in [4.78, 5) is -0.219. The minimum absolute atomic E-state index is 0.0318. The van der Waals surface area contributed by atoms with Gasteiger partial charge in [-0.05, 0) is 18.2 Å². The smallest absolute Gasteiger partial charge is 0.238 e.